The summed E-state index contributed by atoms with van der Waals surface area (Å²) >= 11 is 0. The first-order chi connectivity index (χ1) is 12.0. The third-order valence-electron chi connectivity index (χ3n) is 4.56. The van der Waals surface area contributed by atoms with Crippen LogP contribution in [-0.2, 0) is 26.7 Å². The number of nitrogens with one attached hydrogen (secondary N) is 1. The highest BCUT2D eigenvalue weighted by atomic mass is 16.3. The second-order valence-corrected chi connectivity index (χ2v) is 6.54. The minimum atomic E-state index is -0.571. The molecule has 1 aliphatic rings. The number of aromatic nitrogens is 6. The van der Waals surface area contributed by atoms with Gasteiger partial charge in [0.15, 0.2) is 5.65 Å². The lowest BCUT2D eigenvalue weighted by Crippen LogP contribution is -2.25. The molecule has 9 heteroatoms. The summed E-state index contributed by atoms with van der Waals surface area (Å²) in [6.07, 6.45) is 1.91. The molecule has 3 aromatic rings. The van der Waals surface area contributed by atoms with Crippen molar-refractivity contribution in [3.05, 3.63) is 39.8 Å². The Hall–Kier alpha value is -2.52. The number of aliphatic hydroxyl groups is 1. The molecule has 0 bridgehead atoms. The molecule has 4 rings (SSSR count). The van der Waals surface area contributed by atoms with Crippen molar-refractivity contribution in [3.8, 4) is 0 Å². The molecular formula is C16H21N7O2. The quantitative estimate of drug-likeness (QED) is 0.709. The zero-order chi connectivity index (χ0) is 17.6. The summed E-state index contributed by atoms with van der Waals surface area (Å²) in [6.45, 7) is 4.68. The van der Waals surface area contributed by atoms with Crippen LogP contribution in [0, 0.1) is 0 Å². The fourth-order valence-electron chi connectivity index (χ4n) is 3.25. The van der Waals surface area contributed by atoms with Crippen LogP contribution in [0.1, 0.15) is 36.7 Å². The van der Waals surface area contributed by atoms with Gasteiger partial charge in [0.25, 0.3) is 5.56 Å². The summed E-state index contributed by atoms with van der Waals surface area (Å²) in [6, 6.07) is 1.95. The second-order valence-electron chi connectivity index (χ2n) is 6.54. The summed E-state index contributed by atoms with van der Waals surface area (Å²) in [4.78, 5) is 21.8. The number of fused-ring (bicyclic) bond motifs is 2. The van der Waals surface area contributed by atoms with E-state index < -0.39 is 6.10 Å². The minimum Gasteiger partial charge on any atom is -0.387 e. The Morgan fingerprint density at radius 3 is 3.04 bits per heavy atom. The van der Waals surface area contributed by atoms with Crippen molar-refractivity contribution in [2.45, 2.75) is 39.1 Å². The van der Waals surface area contributed by atoms with E-state index in [1.807, 2.05) is 10.7 Å². The first kappa shape index (κ1) is 16.0. The average molecular weight is 343 g/mol. The van der Waals surface area contributed by atoms with Crippen molar-refractivity contribution < 1.29 is 5.11 Å². The zero-order valence-electron chi connectivity index (χ0n) is 14.3. The fourth-order valence-corrected chi connectivity index (χ4v) is 3.25. The summed E-state index contributed by atoms with van der Waals surface area (Å²) in [5, 5.41) is 18.8. The van der Waals surface area contributed by atoms with E-state index in [-0.39, 0.29) is 5.56 Å². The van der Waals surface area contributed by atoms with Crippen molar-refractivity contribution in [2.75, 3.05) is 6.54 Å². The van der Waals surface area contributed by atoms with E-state index in [4.69, 9.17) is 0 Å². The number of aromatic amines is 1. The molecule has 2 N–H and O–H groups in total. The molecule has 1 aliphatic heterocycles. The lowest BCUT2D eigenvalue weighted by atomic mass is 10.2. The van der Waals surface area contributed by atoms with Gasteiger partial charge in [-0.25, -0.2) is 4.98 Å². The van der Waals surface area contributed by atoms with Crippen molar-refractivity contribution in [3.63, 3.8) is 0 Å². The van der Waals surface area contributed by atoms with E-state index in [1.54, 1.807) is 18.7 Å². The predicted octanol–water partition coefficient (Wildman–Crippen LogP) is 0.312. The lowest BCUT2D eigenvalue weighted by molar-refractivity contribution is 0.193. The van der Waals surface area contributed by atoms with Crippen LogP contribution in [-0.4, -0.2) is 46.1 Å². The Kier molecular flexibility index (Phi) is 3.89. The van der Waals surface area contributed by atoms with E-state index in [0.717, 1.165) is 25.2 Å². The zero-order valence-corrected chi connectivity index (χ0v) is 14.3. The molecular weight excluding hydrogens is 322 g/mol. The number of rotatable bonds is 3. The third-order valence-corrected chi connectivity index (χ3v) is 4.56. The summed E-state index contributed by atoms with van der Waals surface area (Å²) < 4.78 is 3.57. The van der Waals surface area contributed by atoms with Gasteiger partial charge in [0.2, 0.25) is 0 Å². The van der Waals surface area contributed by atoms with Crippen LogP contribution in [0.15, 0.2) is 17.1 Å². The maximum Gasteiger partial charge on any atom is 0.262 e. The molecule has 3 aromatic heterocycles. The van der Waals surface area contributed by atoms with Gasteiger partial charge in [0.05, 0.1) is 30.2 Å². The molecule has 0 aliphatic carbocycles. The Labute approximate surface area is 143 Å². The minimum absolute atomic E-state index is 0.163. The number of hydrogen-bond donors (Lipinski definition) is 2. The fraction of sp³-hybridized carbons (Fsp3) is 0.500. The molecule has 0 aromatic carbocycles. The standard InChI is InChI=1S/C16H21N7O2/c1-10(24)13-6-11-8-22(4-3-5-23(11)20-13)9-14-18-15-12(16(25)19-14)7-17-21(15)2/h6-7,10,24H,3-5,8-9H2,1-2H3,(H,18,19,25). The molecule has 0 spiro atoms. The molecule has 9 nitrogen and oxygen atoms in total. The van der Waals surface area contributed by atoms with Gasteiger partial charge in [-0.1, -0.05) is 0 Å². The molecule has 0 fully saturated rings. The molecule has 4 heterocycles. The van der Waals surface area contributed by atoms with E-state index in [2.05, 4.69) is 25.1 Å². The van der Waals surface area contributed by atoms with E-state index in [9.17, 15) is 9.90 Å². The van der Waals surface area contributed by atoms with Crippen LogP contribution in [0.2, 0.25) is 0 Å². The SMILES string of the molecule is CC(O)c1cc2n(n1)CCCN(Cc1nc3c(cnn3C)c(=O)[nH]1)C2. The maximum absolute atomic E-state index is 12.2. The van der Waals surface area contributed by atoms with Crippen LogP contribution < -0.4 is 5.56 Å². The molecule has 1 atom stereocenters. The van der Waals surface area contributed by atoms with Gasteiger partial charge >= 0.3 is 0 Å². The second kappa shape index (κ2) is 6.08. The monoisotopic (exact) mass is 343 g/mol. The molecule has 25 heavy (non-hydrogen) atoms. The Balaban J connectivity index is 1.60. The number of aliphatic hydroxyl groups excluding tert-OH is 1. The van der Waals surface area contributed by atoms with Gasteiger partial charge in [-0.3, -0.25) is 19.1 Å². The molecule has 132 valence electrons. The van der Waals surface area contributed by atoms with Gasteiger partial charge in [0, 0.05) is 26.7 Å². The molecule has 0 saturated heterocycles. The van der Waals surface area contributed by atoms with Crippen LogP contribution >= 0.6 is 0 Å². The van der Waals surface area contributed by atoms with Gasteiger partial charge in [0.1, 0.15) is 11.2 Å². The average Bonchev–Trinajstić information content (AvgIpc) is 3.07. The van der Waals surface area contributed by atoms with Gasteiger partial charge < -0.3 is 10.1 Å². The van der Waals surface area contributed by atoms with Crippen LogP contribution in [0.5, 0.6) is 0 Å². The third kappa shape index (κ3) is 2.96. The first-order valence-corrected chi connectivity index (χ1v) is 8.39. The highest BCUT2D eigenvalue weighted by molar-refractivity contribution is 5.72. The number of nitrogens with zero attached hydrogens (tertiary/aromatic N) is 6. The van der Waals surface area contributed by atoms with Crippen molar-refractivity contribution in [1.29, 1.82) is 0 Å². The summed E-state index contributed by atoms with van der Waals surface area (Å²) in [5.74, 6) is 0.629. The first-order valence-electron chi connectivity index (χ1n) is 8.39. The van der Waals surface area contributed by atoms with Crippen molar-refractivity contribution >= 4 is 11.0 Å². The van der Waals surface area contributed by atoms with E-state index in [0.29, 0.717) is 35.6 Å². The number of H-pyrrole nitrogens is 1. The molecule has 0 amide bonds. The highest BCUT2D eigenvalue weighted by Crippen LogP contribution is 2.18. The molecule has 0 radical (unpaired) electrons. The number of hydrogen-bond acceptors (Lipinski definition) is 6. The molecule has 1 unspecified atom stereocenters. The van der Waals surface area contributed by atoms with Crippen LogP contribution in [0.25, 0.3) is 11.0 Å². The normalized spacial score (nSPS) is 16.8. The van der Waals surface area contributed by atoms with Gasteiger partial charge in [-0.15, -0.1) is 0 Å². The van der Waals surface area contributed by atoms with E-state index >= 15 is 0 Å². The van der Waals surface area contributed by atoms with Crippen molar-refractivity contribution in [2.24, 2.45) is 7.05 Å². The Bertz CT molecular complexity index is 969. The largest absolute Gasteiger partial charge is 0.387 e. The maximum atomic E-state index is 12.2. The van der Waals surface area contributed by atoms with Crippen LogP contribution in [0.3, 0.4) is 0 Å². The topological polar surface area (TPSA) is 105 Å². The molecule has 0 saturated carbocycles. The van der Waals surface area contributed by atoms with Gasteiger partial charge in [-0.05, 0) is 19.4 Å². The van der Waals surface area contributed by atoms with Crippen molar-refractivity contribution in [1.82, 2.24) is 34.4 Å². The Morgan fingerprint density at radius 2 is 2.24 bits per heavy atom. The smallest absolute Gasteiger partial charge is 0.262 e. The highest BCUT2D eigenvalue weighted by Gasteiger charge is 2.19. The summed E-state index contributed by atoms with van der Waals surface area (Å²) in [5.41, 5.74) is 2.19. The van der Waals surface area contributed by atoms with Crippen LogP contribution in [0.4, 0.5) is 0 Å². The van der Waals surface area contributed by atoms with E-state index in [1.165, 1.54) is 6.20 Å². The van der Waals surface area contributed by atoms with Gasteiger partial charge in [-0.2, -0.15) is 10.2 Å². The lowest BCUT2D eigenvalue weighted by Gasteiger charge is -2.18. The summed E-state index contributed by atoms with van der Waals surface area (Å²) in [7, 11) is 1.78. The Morgan fingerprint density at radius 1 is 1.40 bits per heavy atom. The predicted molar refractivity (Wildman–Crippen MR) is 90.7 cm³/mol. The number of aryl methyl sites for hydroxylation is 2.